The van der Waals surface area contributed by atoms with Crippen molar-refractivity contribution in [3.05, 3.63) is 29.8 Å². The van der Waals surface area contributed by atoms with Gasteiger partial charge in [-0.25, -0.2) is 0 Å². The van der Waals surface area contributed by atoms with Crippen molar-refractivity contribution in [2.24, 2.45) is 0 Å². The fourth-order valence-corrected chi connectivity index (χ4v) is 3.24. The molecule has 1 rings (SSSR count). The fourth-order valence-electron chi connectivity index (χ4n) is 2.18. The van der Waals surface area contributed by atoms with Gasteiger partial charge in [-0.15, -0.1) is 0 Å². The topological polar surface area (TPSA) is 50.7 Å². The summed E-state index contributed by atoms with van der Waals surface area (Å²) in [5.41, 5.74) is 0.838. The number of benzene rings is 1. The molecule has 25 heavy (non-hydrogen) atoms. The molecule has 1 aromatic rings. The van der Waals surface area contributed by atoms with E-state index in [0.717, 1.165) is 5.56 Å². The van der Waals surface area contributed by atoms with Crippen LogP contribution in [0.4, 0.5) is 8.78 Å². The standard InChI is InChI=1S/C18H31F2NO3Si/c1-18(2,3)25(4,5)23-12-9-16(21-10-11-22)14-7-6-8-15(13-14)24-17(19)20/h6-8,13,16-17,21-22H,9-12H2,1-5H3. The lowest BCUT2D eigenvalue weighted by Crippen LogP contribution is -2.41. The minimum Gasteiger partial charge on any atom is -0.435 e. The van der Waals surface area contributed by atoms with Gasteiger partial charge in [-0.3, -0.25) is 0 Å². The van der Waals surface area contributed by atoms with Gasteiger partial charge >= 0.3 is 6.61 Å². The first-order valence-electron chi connectivity index (χ1n) is 8.60. The van der Waals surface area contributed by atoms with Gasteiger partial charge in [0.05, 0.1) is 6.61 Å². The summed E-state index contributed by atoms with van der Waals surface area (Å²) < 4.78 is 35.5. The molecule has 0 aliphatic carbocycles. The molecule has 1 atom stereocenters. The first-order chi connectivity index (χ1) is 11.6. The van der Waals surface area contributed by atoms with Crippen molar-refractivity contribution in [1.82, 2.24) is 5.32 Å². The second-order valence-corrected chi connectivity index (χ2v) is 12.4. The zero-order valence-corrected chi connectivity index (χ0v) is 16.8. The molecule has 4 nitrogen and oxygen atoms in total. The Balaban J connectivity index is 2.77. The maximum atomic E-state index is 12.4. The predicted molar refractivity (Wildman–Crippen MR) is 98.7 cm³/mol. The summed E-state index contributed by atoms with van der Waals surface area (Å²) in [5, 5.41) is 12.5. The molecule has 1 unspecified atom stereocenters. The third-order valence-corrected chi connectivity index (χ3v) is 9.20. The molecule has 0 heterocycles. The molecular weight excluding hydrogens is 344 g/mol. The molecule has 0 saturated heterocycles. The number of aliphatic hydroxyl groups excluding tert-OH is 1. The summed E-state index contributed by atoms with van der Waals surface area (Å²) in [7, 11) is -1.84. The van der Waals surface area contributed by atoms with E-state index in [-0.39, 0.29) is 23.4 Å². The largest absolute Gasteiger partial charge is 0.435 e. The molecule has 1 aromatic carbocycles. The molecule has 0 radical (unpaired) electrons. The maximum absolute atomic E-state index is 12.4. The Morgan fingerprint density at radius 2 is 1.92 bits per heavy atom. The van der Waals surface area contributed by atoms with E-state index in [1.54, 1.807) is 12.1 Å². The van der Waals surface area contributed by atoms with Crippen molar-refractivity contribution in [2.75, 3.05) is 19.8 Å². The Morgan fingerprint density at radius 1 is 1.24 bits per heavy atom. The maximum Gasteiger partial charge on any atom is 0.387 e. The average molecular weight is 376 g/mol. The van der Waals surface area contributed by atoms with Crippen LogP contribution >= 0.6 is 0 Å². The van der Waals surface area contributed by atoms with Gasteiger partial charge in [0.1, 0.15) is 5.75 Å². The van der Waals surface area contributed by atoms with E-state index in [1.807, 2.05) is 6.07 Å². The number of alkyl halides is 2. The number of ether oxygens (including phenoxy) is 1. The van der Waals surface area contributed by atoms with Gasteiger partial charge in [0, 0.05) is 19.2 Å². The van der Waals surface area contributed by atoms with E-state index in [0.29, 0.717) is 19.6 Å². The summed E-state index contributed by atoms with van der Waals surface area (Å²) in [6.45, 7) is 9.10. The normalized spacial score (nSPS) is 14.0. The number of hydrogen-bond acceptors (Lipinski definition) is 4. The first-order valence-corrected chi connectivity index (χ1v) is 11.5. The number of rotatable bonds is 10. The van der Waals surface area contributed by atoms with Crippen molar-refractivity contribution >= 4 is 8.32 Å². The van der Waals surface area contributed by atoms with Gasteiger partial charge in [-0.1, -0.05) is 32.9 Å². The number of aliphatic hydroxyl groups is 1. The Kier molecular flexibility index (Phi) is 8.47. The number of nitrogens with one attached hydrogen (secondary N) is 1. The van der Waals surface area contributed by atoms with E-state index >= 15 is 0 Å². The van der Waals surface area contributed by atoms with Crippen LogP contribution in [-0.2, 0) is 4.43 Å². The van der Waals surface area contributed by atoms with Crippen molar-refractivity contribution in [3.63, 3.8) is 0 Å². The Bertz CT molecular complexity index is 521. The van der Waals surface area contributed by atoms with Crippen LogP contribution in [0.25, 0.3) is 0 Å². The van der Waals surface area contributed by atoms with Crippen molar-refractivity contribution in [1.29, 1.82) is 0 Å². The molecule has 0 aromatic heterocycles. The summed E-state index contributed by atoms with van der Waals surface area (Å²) in [5.74, 6) is 0.133. The van der Waals surface area contributed by atoms with Crippen LogP contribution in [0.1, 0.15) is 38.8 Å². The summed E-state index contributed by atoms with van der Waals surface area (Å²) >= 11 is 0. The molecular formula is C18H31F2NO3Si. The predicted octanol–water partition coefficient (Wildman–Crippen LogP) is 4.32. The molecule has 0 spiro atoms. The molecule has 144 valence electrons. The van der Waals surface area contributed by atoms with Crippen molar-refractivity contribution in [3.8, 4) is 5.75 Å². The van der Waals surface area contributed by atoms with Crippen LogP contribution in [0.2, 0.25) is 18.1 Å². The van der Waals surface area contributed by atoms with Crippen LogP contribution < -0.4 is 10.1 Å². The molecule has 0 fully saturated rings. The third-order valence-electron chi connectivity index (χ3n) is 4.66. The summed E-state index contributed by atoms with van der Waals surface area (Å²) in [6, 6.07) is 6.56. The van der Waals surface area contributed by atoms with Crippen molar-refractivity contribution in [2.45, 2.75) is 58.0 Å². The highest BCUT2D eigenvalue weighted by molar-refractivity contribution is 6.74. The Hall–Kier alpha value is -1.02. The Labute approximate surface area is 150 Å². The SMILES string of the molecule is CC(C)(C)[Si](C)(C)OCCC(NCCO)c1cccc(OC(F)F)c1. The van der Waals surface area contributed by atoms with Gasteiger partial charge in [-0.05, 0) is 42.2 Å². The van der Waals surface area contributed by atoms with Crippen LogP contribution in [0.3, 0.4) is 0 Å². The van der Waals surface area contributed by atoms with Gasteiger partial charge < -0.3 is 19.6 Å². The first kappa shape index (κ1) is 22.0. The molecule has 0 saturated carbocycles. The molecule has 2 N–H and O–H groups in total. The second-order valence-electron chi connectivity index (χ2n) is 7.58. The lowest BCUT2D eigenvalue weighted by Gasteiger charge is -2.36. The zero-order chi connectivity index (χ0) is 19.1. The van der Waals surface area contributed by atoms with Crippen molar-refractivity contribution < 1.29 is 23.1 Å². The minimum absolute atomic E-state index is 0.00676. The number of hydrogen-bond donors (Lipinski definition) is 2. The lowest BCUT2D eigenvalue weighted by atomic mass is 10.0. The molecule has 0 amide bonds. The van der Waals surface area contributed by atoms with E-state index in [1.165, 1.54) is 6.07 Å². The summed E-state index contributed by atoms with van der Waals surface area (Å²) in [4.78, 5) is 0. The van der Waals surface area contributed by atoms with Crippen LogP contribution in [0, 0.1) is 0 Å². The van der Waals surface area contributed by atoms with Gasteiger partial charge in [0.25, 0.3) is 0 Å². The number of halogens is 2. The zero-order valence-electron chi connectivity index (χ0n) is 15.8. The van der Waals surface area contributed by atoms with E-state index < -0.39 is 14.9 Å². The van der Waals surface area contributed by atoms with Gasteiger partial charge in [0.2, 0.25) is 0 Å². The van der Waals surface area contributed by atoms with E-state index in [2.05, 4.69) is 43.9 Å². The van der Waals surface area contributed by atoms with Crippen LogP contribution in [0.5, 0.6) is 5.75 Å². The molecule has 0 bridgehead atoms. The smallest absolute Gasteiger partial charge is 0.387 e. The summed E-state index contributed by atoms with van der Waals surface area (Å²) in [6.07, 6.45) is 0.685. The van der Waals surface area contributed by atoms with Gasteiger partial charge in [-0.2, -0.15) is 8.78 Å². The molecule has 0 aliphatic heterocycles. The monoisotopic (exact) mass is 375 g/mol. The van der Waals surface area contributed by atoms with Crippen LogP contribution in [0.15, 0.2) is 24.3 Å². The fraction of sp³-hybridized carbons (Fsp3) is 0.667. The Morgan fingerprint density at radius 3 is 2.48 bits per heavy atom. The molecule has 7 heteroatoms. The van der Waals surface area contributed by atoms with Gasteiger partial charge in [0.15, 0.2) is 8.32 Å². The highest BCUT2D eigenvalue weighted by Crippen LogP contribution is 2.37. The lowest BCUT2D eigenvalue weighted by molar-refractivity contribution is -0.0499. The average Bonchev–Trinajstić information content (AvgIpc) is 2.49. The highest BCUT2D eigenvalue weighted by atomic mass is 28.4. The van der Waals surface area contributed by atoms with Crippen LogP contribution in [-0.4, -0.2) is 39.8 Å². The second kappa shape index (κ2) is 9.61. The minimum atomic E-state index is -2.85. The highest BCUT2D eigenvalue weighted by Gasteiger charge is 2.37. The quantitative estimate of drug-likeness (QED) is 0.598. The van der Waals surface area contributed by atoms with E-state index in [9.17, 15) is 8.78 Å². The van der Waals surface area contributed by atoms with E-state index in [4.69, 9.17) is 9.53 Å². The third kappa shape index (κ3) is 7.39. The molecule has 0 aliphatic rings.